The molecule has 1 unspecified atom stereocenters. The third kappa shape index (κ3) is 3.56. The lowest BCUT2D eigenvalue weighted by molar-refractivity contribution is -0.0398. The van der Waals surface area contributed by atoms with Crippen LogP contribution < -0.4 is 11.3 Å². The summed E-state index contributed by atoms with van der Waals surface area (Å²) in [7, 11) is 1.65. The first kappa shape index (κ1) is 20.6. The van der Waals surface area contributed by atoms with E-state index in [2.05, 4.69) is 15.1 Å². The van der Waals surface area contributed by atoms with Crippen LogP contribution in [0.5, 0.6) is 0 Å². The minimum atomic E-state index is -1.31. The maximum absolute atomic E-state index is 14.2. The van der Waals surface area contributed by atoms with E-state index in [1.165, 1.54) is 38.9 Å². The van der Waals surface area contributed by atoms with Crippen molar-refractivity contribution in [1.29, 1.82) is 0 Å². The van der Waals surface area contributed by atoms with E-state index in [1.807, 2.05) is 30.3 Å². The lowest BCUT2D eigenvalue weighted by atomic mass is 9.98. The van der Waals surface area contributed by atoms with E-state index < -0.39 is 12.2 Å². The van der Waals surface area contributed by atoms with Gasteiger partial charge in [-0.25, -0.2) is 19.3 Å². The molecule has 2 aliphatic rings. The summed E-state index contributed by atoms with van der Waals surface area (Å²) in [6.07, 6.45) is 1.83. The summed E-state index contributed by atoms with van der Waals surface area (Å²) >= 11 is 0. The van der Waals surface area contributed by atoms with Crippen molar-refractivity contribution in [2.24, 2.45) is 22.9 Å². The Hall–Kier alpha value is -4.31. The minimum absolute atomic E-state index is 0.0395. The van der Waals surface area contributed by atoms with Gasteiger partial charge < -0.3 is 15.4 Å². The van der Waals surface area contributed by atoms with Gasteiger partial charge in [0.2, 0.25) is 17.9 Å². The van der Waals surface area contributed by atoms with Crippen molar-refractivity contribution in [2.75, 3.05) is 0 Å². The highest BCUT2D eigenvalue weighted by Gasteiger charge is 2.41. The van der Waals surface area contributed by atoms with E-state index in [1.54, 1.807) is 19.3 Å². The largest absolute Gasteiger partial charge is 0.369 e. The zero-order valence-corrected chi connectivity index (χ0v) is 17.6. The molecule has 166 valence electrons. The van der Waals surface area contributed by atoms with Gasteiger partial charge in [0, 0.05) is 36.6 Å². The number of aliphatic imine (C=N–C) groups is 1. The second-order valence-electron chi connectivity index (χ2n) is 7.60. The first-order chi connectivity index (χ1) is 15.9. The zero-order chi connectivity index (χ0) is 23.1. The number of hydrogen-bond donors (Lipinski definition) is 2. The van der Waals surface area contributed by atoms with Gasteiger partial charge in [-0.3, -0.25) is 9.78 Å². The Morgan fingerprint density at radius 1 is 1.09 bits per heavy atom. The quantitative estimate of drug-likeness (QED) is 0.630. The molecule has 1 atom stereocenters. The molecular formula is C23H20FN7O2. The average molecular weight is 445 g/mol. The number of halogens is 1. The van der Waals surface area contributed by atoms with Crippen LogP contribution in [0.4, 0.5) is 4.39 Å². The predicted molar refractivity (Wildman–Crippen MR) is 122 cm³/mol. The molecule has 0 aliphatic carbocycles. The van der Waals surface area contributed by atoms with Crippen LogP contribution in [-0.4, -0.2) is 42.7 Å². The molecule has 0 radical (unpaired) electrons. The average Bonchev–Trinajstić information content (AvgIpc) is 3.14. The number of aromatic nitrogens is 2. The molecule has 9 nitrogen and oxygen atoms in total. The second kappa shape index (κ2) is 7.99. The number of hydrazone groups is 1. The molecule has 3 N–H and O–H groups in total. The van der Waals surface area contributed by atoms with Gasteiger partial charge in [0.1, 0.15) is 5.82 Å². The Balaban J connectivity index is 1.69. The SMILES string of the molecule is Cn1cc(C2=C(c3ccccc3)N=C(N)N3C2=NN(Cc2ncccc2F)C3O)ccc1=O. The second-order valence-corrected chi connectivity index (χ2v) is 7.60. The van der Waals surface area contributed by atoms with Gasteiger partial charge in [-0.15, -0.1) is 0 Å². The lowest BCUT2D eigenvalue weighted by Gasteiger charge is -2.30. The van der Waals surface area contributed by atoms with Crippen molar-refractivity contribution in [1.82, 2.24) is 19.5 Å². The highest BCUT2D eigenvalue weighted by Crippen LogP contribution is 2.36. The molecule has 0 spiro atoms. The van der Waals surface area contributed by atoms with Crippen LogP contribution in [0, 0.1) is 5.82 Å². The van der Waals surface area contributed by atoms with Crippen LogP contribution in [0.1, 0.15) is 16.8 Å². The number of guanidine groups is 1. The first-order valence-electron chi connectivity index (χ1n) is 10.2. The van der Waals surface area contributed by atoms with Gasteiger partial charge in [0.15, 0.2) is 5.84 Å². The molecule has 1 aromatic carbocycles. The molecule has 10 heteroatoms. The first-order valence-corrected chi connectivity index (χ1v) is 10.2. The monoisotopic (exact) mass is 445 g/mol. The topological polar surface area (TPSA) is 112 Å². The summed E-state index contributed by atoms with van der Waals surface area (Å²) in [4.78, 5) is 22.0. The highest BCUT2D eigenvalue weighted by atomic mass is 19.1. The number of fused-ring (bicyclic) bond motifs is 1. The Kier molecular flexibility index (Phi) is 4.98. The number of aliphatic hydroxyl groups is 1. The summed E-state index contributed by atoms with van der Waals surface area (Å²) in [6.45, 7) is -0.0810. The molecule has 0 amide bonds. The number of nitrogens with zero attached hydrogens (tertiary/aromatic N) is 6. The van der Waals surface area contributed by atoms with E-state index in [0.717, 1.165) is 5.56 Å². The van der Waals surface area contributed by atoms with Crippen molar-refractivity contribution in [3.05, 3.63) is 100.0 Å². The third-order valence-electron chi connectivity index (χ3n) is 5.45. The molecule has 4 heterocycles. The minimum Gasteiger partial charge on any atom is -0.369 e. The molecular weight excluding hydrogens is 425 g/mol. The van der Waals surface area contributed by atoms with Gasteiger partial charge in [0.25, 0.3) is 0 Å². The fraction of sp³-hybridized carbons (Fsp3) is 0.130. The number of hydrogen-bond acceptors (Lipinski definition) is 8. The summed E-state index contributed by atoms with van der Waals surface area (Å²) < 4.78 is 15.6. The number of amidine groups is 1. The molecule has 0 fully saturated rings. The van der Waals surface area contributed by atoms with Gasteiger partial charge >= 0.3 is 0 Å². The normalized spacial score (nSPS) is 17.7. The maximum Gasteiger partial charge on any atom is 0.250 e. The number of aliphatic hydroxyl groups excluding tert-OH is 1. The van der Waals surface area contributed by atoms with Crippen LogP contribution in [0.25, 0.3) is 11.3 Å². The molecule has 2 aromatic heterocycles. The molecule has 2 aliphatic heterocycles. The Morgan fingerprint density at radius 3 is 2.61 bits per heavy atom. The standard InChI is InChI=1S/C23H20FN7O2/c1-29-12-15(9-10-18(29)32)19-20(14-6-3-2-4-7-14)27-22(25)31-21(19)28-30(23(31)33)13-17-16(24)8-5-11-26-17/h2-12,23,33H,13H2,1H3,(H2,25,27). The fourth-order valence-electron chi connectivity index (χ4n) is 3.81. The summed E-state index contributed by atoms with van der Waals surface area (Å²) in [5.74, 6) is -0.128. The predicted octanol–water partition coefficient (Wildman–Crippen LogP) is 1.52. The van der Waals surface area contributed by atoms with E-state index in [-0.39, 0.29) is 23.8 Å². The summed E-state index contributed by atoms with van der Waals surface area (Å²) in [5.41, 5.74) is 8.78. The fourth-order valence-corrected chi connectivity index (χ4v) is 3.81. The van der Waals surface area contributed by atoms with Crippen LogP contribution >= 0.6 is 0 Å². The number of rotatable bonds is 4. The van der Waals surface area contributed by atoms with Gasteiger partial charge in [-0.1, -0.05) is 30.3 Å². The summed E-state index contributed by atoms with van der Waals surface area (Å²) in [6, 6.07) is 15.3. The molecule has 33 heavy (non-hydrogen) atoms. The van der Waals surface area contributed by atoms with E-state index in [9.17, 15) is 14.3 Å². The van der Waals surface area contributed by atoms with E-state index in [0.29, 0.717) is 22.7 Å². The number of nitrogens with two attached hydrogens (primary N) is 1. The Labute approximate surface area is 188 Å². The van der Waals surface area contributed by atoms with Gasteiger partial charge in [0.05, 0.1) is 23.5 Å². The number of aryl methyl sites for hydroxylation is 1. The van der Waals surface area contributed by atoms with Crippen LogP contribution in [0.3, 0.4) is 0 Å². The summed E-state index contributed by atoms with van der Waals surface area (Å²) in [5, 5.41) is 16.8. The van der Waals surface area contributed by atoms with E-state index >= 15 is 0 Å². The van der Waals surface area contributed by atoms with Crippen LogP contribution in [0.2, 0.25) is 0 Å². The van der Waals surface area contributed by atoms with Gasteiger partial charge in [-0.05, 0) is 18.2 Å². The van der Waals surface area contributed by atoms with Crippen LogP contribution in [-0.2, 0) is 13.6 Å². The molecule has 0 saturated heterocycles. The number of pyridine rings is 2. The molecule has 0 bridgehead atoms. The van der Waals surface area contributed by atoms with Crippen molar-refractivity contribution < 1.29 is 9.50 Å². The van der Waals surface area contributed by atoms with E-state index in [4.69, 9.17) is 5.73 Å². The van der Waals surface area contributed by atoms with Crippen molar-refractivity contribution >= 4 is 23.1 Å². The Morgan fingerprint density at radius 2 is 1.88 bits per heavy atom. The smallest absolute Gasteiger partial charge is 0.250 e. The Bertz CT molecular complexity index is 1380. The highest BCUT2D eigenvalue weighted by molar-refractivity contribution is 6.35. The third-order valence-corrected chi connectivity index (χ3v) is 5.45. The van der Waals surface area contributed by atoms with Crippen molar-refractivity contribution in [3.8, 4) is 0 Å². The van der Waals surface area contributed by atoms with Crippen LogP contribution in [0.15, 0.2) is 81.9 Å². The zero-order valence-electron chi connectivity index (χ0n) is 17.6. The molecule has 0 saturated carbocycles. The molecule has 5 rings (SSSR count). The number of benzene rings is 1. The lowest BCUT2D eigenvalue weighted by Crippen LogP contribution is -2.50. The maximum atomic E-state index is 14.2. The van der Waals surface area contributed by atoms with Crippen molar-refractivity contribution in [3.63, 3.8) is 0 Å². The molecule has 3 aromatic rings. The van der Waals surface area contributed by atoms with Gasteiger partial charge in [-0.2, -0.15) is 5.10 Å². The van der Waals surface area contributed by atoms with Crippen molar-refractivity contribution in [2.45, 2.75) is 12.9 Å².